The predicted molar refractivity (Wildman–Crippen MR) is 87.7 cm³/mol. The van der Waals surface area contributed by atoms with Crippen molar-refractivity contribution in [3.8, 4) is 0 Å². The zero-order chi connectivity index (χ0) is 15.2. The highest BCUT2D eigenvalue weighted by molar-refractivity contribution is 8.00. The molecule has 0 aliphatic rings. The maximum Gasteiger partial charge on any atom is 0.303 e. The zero-order valence-corrected chi connectivity index (χ0v) is 13.5. The molecule has 0 N–H and O–H groups in total. The third kappa shape index (κ3) is 4.80. The van der Waals surface area contributed by atoms with Gasteiger partial charge in [0.1, 0.15) is 6.10 Å². The lowest BCUT2D eigenvalue weighted by Gasteiger charge is -2.23. The van der Waals surface area contributed by atoms with Gasteiger partial charge in [0.25, 0.3) is 0 Å². The summed E-state index contributed by atoms with van der Waals surface area (Å²) in [4.78, 5) is 12.5. The number of hydrogen-bond acceptors (Lipinski definition) is 3. The molecule has 110 valence electrons. The number of rotatable bonds is 5. The summed E-state index contributed by atoms with van der Waals surface area (Å²) in [5.41, 5.74) is 1.00. The molecule has 2 nitrogen and oxygen atoms in total. The lowest BCUT2D eigenvalue weighted by atomic mass is 10.1. The number of benzene rings is 2. The van der Waals surface area contributed by atoms with Crippen molar-refractivity contribution in [1.82, 2.24) is 0 Å². The Balaban J connectivity index is 2.16. The highest BCUT2D eigenvalue weighted by Gasteiger charge is 2.23. The Hall–Kier alpha value is -1.45. The van der Waals surface area contributed by atoms with Crippen LogP contribution in [0.4, 0.5) is 0 Å². The first-order chi connectivity index (χ1) is 10.1. The third-order valence-electron chi connectivity index (χ3n) is 2.98. The Labute approximate surface area is 134 Å². The molecule has 0 spiro atoms. The second-order valence-electron chi connectivity index (χ2n) is 4.72. The second-order valence-corrected chi connectivity index (χ2v) is 6.60. The SMILES string of the molecule is CC(=O)O[C@H](c1ccccc1)[C@H](C)Sc1ccc(Cl)cc1. The van der Waals surface area contributed by atoms with E-state index in [0.29, 0.717) is 5.02 Å². The van der Waals surface area contributed by atoms with Crippen LogP contribution in [0.25, 0.3) is 0 Å². The topological polar surface area (TPSA) is 26.3 Å². The number of esters is 1. The van der Waals surface area contributed by atoms with Crippen LogP contribution in [0.1, 0.15) is 25.5 Å². The van der Waals surface area contributed by atoms with Crippen molar-refractivity contribution in [3.63, 3.8) is 0 Å². The zero-order valence-electron chi connectivity index (χ0n) is 12.0. The van der Waals surface area contributed by atoms with E-state index >= 15 is 0 Å². The molecule has 0 heterocycles. The molecule has 4 heteroatoms. The quantitative estimate of drug-likeness (QED) is 0.564. The van der Waals surface area contributed by atoms with E-state index in [1.807, 2.05) is 54.6 Å². The number of thioether (sulfide) groups is 1. The van der Waals surface area contributed by atoms with Gasteiger partial charge in [0.05, 0.1) is 0 Å². The van der Waals surface area contributed by atoms with Crippen LogP contribution in [-0.4, -0.2) is 11.2 Å². The third-order valence-corrected chi connectivity index (χ3v) is 4.40. The van der Waals surface area contributed by atoms with Gasteiger partial charge in [0.15, 0.2) is 0 Å². The predicted octanol–water partition coefficient (Wildman–Crippen LogP) is 5.13. The van der Waals surface area contributed by atoms with Gasteiger partial charge in [-0.05, 0) is 36.8 Å². The molecule has 2 aromatic rings. The van der Waals surface area contributed by atoms with Crippen molar-refractivity contribution in [2.75, 3.05) is 0 Å². The van der Waals surface area contributed by atoms with E-state index in [2.05, 4.69) is 6.92 Å². The van der Waals surface area contributed by atoms with E-state index in [1.54, 1.807) is 11.8 Å². The standard InChI is InChI=1S/C17H17ClO2S/c1-12(21-16-10-8-15(18)9-11-16)17(20-13(2)19)14-6-4-3-5-7-14/h3-12,17H,1-2H3/t12-,17-/m0/s1. The van der Waals surface area contributed by atoms with Gasteiger partial charge in [-0.3, -0.25) is 4.79 Å². The van der Waals surface area contributed by atoms with Gasteiger partial charge in [0.2, 0.25) is 0 Å². The number of carbonyl (C=O) groups excluding carboxylic acids is 1. The first kappa shape index (κ1) is 15.9. The summed E-state index contributed by atoms with van der Waals surface area (Å²) in [5.74, 6) is -0.271. The van der Waals surface area contributed by atoms with Crippen LogP contribution in [0.5, 0.6) is 0 Å². The Bertz CT molecular complexity index is 583. The molecule has 0 amide bonds. The monoisotopic (exact) mass is 320 g/mol. The fourth-order valence-corrected chi connectivity index (χ4v) is 3.23. The molecule has 0 aliphatic heterocycles. The summed E-state index contributed by atoms with van der Waals surface area (Å²) in [7, 11) is 0. The van der Waals surface area contributed by atoms with Gasteiger partial charge in [-0.2, -0.15) is 0 Å². The average molecular weight is 321 g/mol. The van der Waals surface area contributed by atoms with E-state index in [-0.39, 0.29) is 17.3 Å². The fraction of sp³-hybridized carbons (Fsp3) is 0.235. The van der Waals surface area contributed by atoms with Gasteiger partial charge in [-0.15, -0.1) is 11.8 Å². The number of hydrogen-bond donors (Lipinski definition) is 0. The van der Waals surface area contributed by atoms with Crippen LogP contribution >= 0.6 is 23.4 Å². The molecule has 2 atom stereocenters. The highest BCUT2D eigenvalue weighted by atomic mass is 35.5. The summed E-state index contributed by atoms with van der Waals surface area (Å²) in [6, 6.07) is 17.5. The maximum absolute atomic E-state index is 11.4. The molecule has 0 aromatic heterocycles. The second kappa shape index (κ2) is 7.53. The summed E-state index contributed by atoms with van der Waals surface area (Å²) in [6.07, 6.45) is -0.274. The summed E-state index contributed by atoms with van der Waals surface area (Å²) < 4.78 is 5.51. The van der Waals surface area contributed by atoms with Crippen molar-refractivity contribution < 1.29 is 9.53 Å². The summed E-state index contributed by atoms with van der Waals surface area (Å²) in [5, 5.41) is 0.809. The van der Waals surface area contributed by atoms with Crippen LogP contribution in [0.3, 0.4) is 0 Å². The molecule has 0 aliphatic carbocycles. The van der Waals surface area contributed by atoms with Crippen LogP contribution in [0, 0.1) is 0 Å². The Morgan fingerprint density at radius 1 is 1.10 bits per heavy atom. The van der Waals surface area contributed by atoms with Gasteiger partial charge >= 0.3 is 5.97 Å². The Morgan fingerprint density at radius 2 is 1.71 bits per heavy atom. The Kier molecular flexibility index (Phi) is 5.71. The Morgan fingerprint density at radius 3 is 2.29 bits per heavy atom. The normalized spacial score (nSPS) is 13.5. The van der Waals surface area contributed by atoms with Gasteiger partial charge in [0, 0.05) is 22.1 Å². The number of carbonyl (C=O) groups is 1. The van der Waals surface area contributed by atoms with Gasteiger partial charge < -0.3 is 4.74 Å². The molecule has 0 fully saturated rings. The lowest BCUT2D eigenvalue weighted by Crippen LogP contribution is -2.18. The first-order valence-corrected chi connectivity index (χ1v) is 7.96. The average Bonchev–Trinajstić information content (AvgIpc) is 2.48. The van der Waals surface area contributed by atoms with Crippen LogP contribution in [0.15, 0.2) is 59.5 Å². The molecule has 0 radical (unpaired) electrons. The smallest absolute Gasteiger partial charge is 0.303 e. The van der Waals surface area contributed by atoms with Crippen molar-refractivity contribution in [3.05, 3.63) is 65.2 Å². The molecule has 2 rings (SSSR count). The number of halogens is 1. The largest absolute Gasteiger partial charge is 0.456 e. The lowest BCUT2D eigenvalue weighted by molar-refractivity contribution is -0.146. The molecule has 0 saturated carbocycles. The summed E-state index contributed by atoms with van der Waals surface area (Å²) >= 11 is 7.56. The van der Waals surface area contributed by atoms with E-state index < -0.39 is 0 Å². The molecule has 2 aromatic carbocycles. The molecular formula is C17H17ClO2S. The number of ether oxygens (including phenoxy) is 1. The van der Waals surface area contributed by atoms with E-state index in [9.17, 15) is 4.79 Å². The van der Waals surface area contributed by atoms with Crippen molar-refractivity contribution in [2.45, 2.75) is 30.1 Å². The van der Waals surface area contributed by atoms with Crippen molar-refractivity contribution in [1.29, 1.82) is 0 Å². The molecule has 21 heavy (non-hydrogen) atoms. The first-order valence-electron chi connectivity index (χ1n) is 6.70. The molecule has 0 bridgehead atoms. The molecule has 0 unspecified atom stereocenters. The minimum Gasteiger partial charge on any atom is -0.456 e. The maximum atomic E-state index is 11.4. The van der Waals surface area contributed by atoms with E-state index in [0.717, 1.165) is 10.5 Å². The molecular weight excluding hydrogens is 304 g/mol. The molecule has 0 saturated heterocycles. The van der Waals surface area contributed by atoms with Crippen LogP contribution in [0.2, 0.25) is 5.02 Å². The minimum absolute atomic E-state index is 0.0949. The summed E-state index contributed by atoms with van der Waals surface area (Å²) in [6.45, 7) is 3.50. The van der Waals surface area contributed by atoms with Crippen LogP contribution < -0.4 is 0 Å². The van der Waals surface area contributed by atoms with E-state index in [4.69, 9.17) is 16.3 Å². The fourth-order valence-electron chi connectivity index (χ4n) is 2.05. The van der Waals surface area contributed by atoms with Crippen LogP contribution in [-0.2, 0) is 9.53 Å². The van der Waals surface area contributed by atoms with Gasteiger partial charge in [-0.1, -0.05) is 41.9 Å². The minimum atomic E-state index is -0.274. The van der Waals surface area contributed by atoms with Gasteiger partial charge in [-0.25, -0.2) is 0 Å². The highest BCUT2D eigenvalue weighted by Crippen LogP contribution is 2.34. The van der Waals surface area contributed by atoms with Crippen molar-refractivity contribution in [2.24, 2.45) is 0 Å². The van der Waals surface area contributed by atoms with E-state index in [1.165, 1.54) is 6.92 Å². The van der Waals surface area contributed by atoms with Crippen molar-refractivity contribution >= 4 is 29.3 Å².